The number of halogens is 3. The number of hydrogen-bond acceptors (Lipinski definition) is 5. The molecule has 0 aliphatic rings. The monoisotopic (exact) mass is 429 g/mol. The van der Waals surface area contributed by atoms with E-state index in [-0.39, 0.29) is 0 Å². The van der Waals surface area contributed by atoms with Crippen molar-refractivity contribution in [3.05, 3.63) is 65.5 Å². The van der Waals surface area contributed by atoms with Gasteiger partial charge in [-0.3, -0.25) is 9.59 Å². The van der Waals surface area contributed by atoms with Crippen molar-refractivity contribution in [1.82, 2.24) is 4.72 Å². The van der Waals surface area contributed by atoms with Crippen LogP contribution in [-0.4, -0.2) is 32.8 Å². The highest BCUT2D eigenvalue weighted by atomic mass is 32.2. The predicted octanol–water partition coefficient (Wildman–Crippen LogP) is 2.83. The Hall–Kier alpha value is -2.72. The molecule has 0 spiro atoms. The third-order valence-electron chi connectivity index (χ3n) is 3.90. The van der Waals surface area contributed by atoms with E-state index in [0.29, 0.717) is 6.07 Å². The average Bonchev–Trinajstić information content (AvgIpc) is 2.65. The quantitative estimate of drug-likeness (QED) is 0.515. The molecule has 0 aliphatic carbocycles. The van der Waals surface area contributed by atoms with Gasteiger partial charge in [-0.25, -0.2) is 21.6 Å². The highest BCUT2D eigenvalue weighted by Gasteiger charge is 2.31. The smallest absolute Gasteiger partial charge is 0.324 e. The van der Waals surface area contributed by atoms with Gasteiger partial charge >= 0.3 is 5.97 Å². The van der Waals surface area contributed by atoms with Gasteiger partial charge in [-0.15, -0.1) is 0 Å². The molecule has 10 heteroatoms. The molecule has 0 radical (unpaired) electrons. The van der Waals surface area contributed by atoms with Crippen LogP contribution in [0.15, 0.2) is 47.4 Å². The van der Waals surface area contributed by atoms with E-state index >= 15 is 0 Å². The van der Waals surface area contributed by atoms with Crippen molar-refractivity contribution in [3.8, 4) is 0 Å². The Balaban J connectivity index is 2.13. The SMILES string of the molecule is CC(C)C(NS(=O)(=O)c1ccccc1F)C(=O)OCC(=O)c1cc(F)ccc1F. The van der Waals surface area contributed by atoms with Crippen LogP contribution in [-0.2, 0) is 19.6 Å². The second kappa shape index (κ2) is 9.19. The third-order valence-corrected chi connectivity index (χ3v) is 5.38. The molecule has 0 aromatic heterocycles. The first-order valence-corrected chi connectivity index (χ1v) is 9.93. The van der Waals surface area contributed by atoms with Crippen LogP contribution in [0, 0.1) is 23.4 Å². The molecule has 0 fully saturated rings. The maximum Gasteiger partial charge on any atom is 0.324 e. The van der Waals surface area contributed by atoms with Gasteiger partial charge < -0.3 is 4.74 Å². The summed E-state index contributed by atoms with van der Waals surface area (Å²) in [6, 6.07) is 5.39. The number of hydrogen-bond donors (Lipinski definition) is 1. The van der Waals surface area contributed by atoms with E-state index in [0.717, 1.165) is 24.3 Å². The second-order valence-corrected chi connectivity index (χ2v) is 8.11. The highest BCUT2D eigenvalue weighted by molar-refractivity contribution is 7.89. The Morgan fingerprint density at radius 3 is 2.31 bits per heavy atom. The van der Waals surface area contributed by atoms with Gasteiger partial charge in [-0.2, -0.15) is 4.72 Å². The van der Waals surface area contributed by atoms with E-state index in [1.807, 2.05) is 4.72 Å². The van der Waals surface area contributed by atoms with Crippen molar-refractivity contribution in [2.75, 3.05) is 6.61 Å². The maximum absolute atomic E-state index is 13.8. The Morgan fingerprint density at radius 2 is 1.69 bits per heavy atom. The number of ether oxygens (including phenoxy) is 1. The fourth-order valence-corrected chi connectivity index (χ4v) is 3.78. The molecule has 1 unspecified atom stereocenters. The Labute approximate surface area is 165 Å². The summed E-state index contributed by atoms with van der Waals surface area (Å²) >= 11 is 0. The number of carbonyl (C=O) groups excluding carboxylic acids is 2. The van der Waals surface area contributed by atoms with Crippen molar-refractivity contribution < 1.29 is 35.9 Å². The third kappa shape index (κ3) is 5.64. The van der Waals surface area contributed by atoms with Crippen LogP contribution in [0.2, 0.25) is 0 Å². The van der Waals surface area contributed by atoms with E-state index in [9.17, 15) is 31.2 Å². The van der Waals surface area contributed by atoms with E-state index in [4.69, 9.17) is 4.74 Å². The van der Waals surface area contributed by atoms with Crippen molar-refractivity contribution in [2.24, 2.45) is 5.92 Å². The number of rotatable bonds is 8. The Bertz CT molecular complexity index is 1020. The summed E-state index contributed by atoms with van der Waals surface area (Å²) in [5.41, 5.74) is -0.606. The van der Waals surface area contributed by atoms with Crippen LogP contribution in [0.3, 0.4) is 0 Å². The van der Waals surface area contributed by atoms with Gasteiger partial charge in [0.2, 0.25) is 15.8 Å². The Kier molecular flexibility index (Phi) is 7.15. The number of carbonyl (C=O) groups is 2. The van der Waals surface area contributed by atoms with Crippen LogP contribution >= 0.6 is 0 Å². The number of nitrogens with one attached hydrogen (secondary N) is 1. The van der Waals surface area contributed by atoms with E-state index < -0.39 is 68.3 Å². The number of ketones is 1. The van der Waals surface area contributed by atoms with Crippen LogP contribution in [0.5, 0.6) is 0 Å². The molecule has 1 N–H and O–H groups in total. The standard InChI is InChI=1S/C19H18F3NO5S/c1-11(2)18(23-29(26,27)17-6-4-3-5-15(17)22)19(25)28-10-16(24)13-9-12(20)7-8-14(13)21/h3-9,11,18,23H,10H2,1-2H3. The highest BCUT2D eigenvalue weighted by Crippen LogP contribution is 2.16. The zero-order chi connectivity index (χ0) is 21.8. The van der Waals surface area contributed by atoms with Gasteiger partial charge in [0.05, 0.1) is 5.56 Å². The summed E-state index contributed by atoms with van der Waals surface area (Å²) in [5, 5.41) is 0. The summed E-state index contributed by atoms with van der Waals surface area (Å²) in [7, 11) is -4.40. The van der Waals surface area contributed by atoms with Gasteiger partial charge in [0, 0.05) is 0 Å². The number of benzene rings is 2. The molecule has 1 atom stereocenters. The lowest BCUT2D eigenvalue weighted by molar-refractivity contribution is -0.145. The predicted molar refractivity (Wildman–Crippen MR) is 97.0 cm³/mol. The number of Topliss-reactive ketones (excluding diaryl/α,β-unsaturated/α-hetero) is 1. The van der Waals surface area contributed by atoms with Crippen molar-refractivity contribution >= 4 is 21.8 Å². The molecule has 0 saturated carbocycles. The molecule has 29 heavy (non-hydrogen) atoms. The molecule has 6 nitrogen and oxygen atoms in total. The Morgan fingerprint density at radius 1 is 1.03 bits per heavy atom. The molecule has 2 aromatic carbocycles. The minimum atomic E-state index is -4.40. The summed E-state index contributed by atoms with van der Waals surface area (Å²) in [6.45, 7) is 2.08. The molecule has 0 heterocycles. The lowest BCUT2D eigenvalue weighted by Gasteiger charge is -2.20. The maximum atomic E-state index is 13.8. The van der Waals surface area contributed by atoms with E-state index in [2.05, 4.69) is 0 Å². The van der Waals surface area contributed by atoms with E-state index in [1.165, 1.54) is 26.0 Å². The van der Waals surface area contributed by atoms with Gasteiger partial charge in [0.25, 0.3) is 0 Å². The van der Waals surface area contributed by atoms with Crippen LogP contribution in [0.1, 0.15) is 24.2 Å². The molecular formula is C19H18F3NO5S. The second-order valence-electron chi connectivity index (χ2n) is 6.43. The molecule has 2 rings (SSSR count). The van der Waals surface area contributed by atoms with Crippen molar-refractivity contribution in [1.29, 1.82) is 0 Å². The zero-order valence-electron chi connectivity index (χ0n) is 15.5. The first kappa shape index (κ1) is 22.6. The lowest BCUT2D eigenvalue weighted by atomic mass is 10.1. The van der Waals surface area contributed by atoms with Gasteiger partial charge in [0.15, 0.2) is 6.61 Å². The fourth-order valence-electron chi connectivity index (χ4n) is 2.37. The lowest BCUT2D eigenvalue weighted by Crippen LogP contribution is -2.45. The average molecular weight is 429 g/mol. The molecule has 0 aliphatic heterocycles. The van der Waals surface area contributed by atoms with Crippen LogP contribution in [0.4, 0.5) is 13.2 Å². The minimum Gasteiger partial charge on any atom is -0.456 e. The summed E-state index contributed by atoms with van der Waals surface area (Å²) < 4.78 is 72.2. The van der Waals surface area contributed by atoms with Crippen LogP contribution in [0.25, 0.3) is 0 Å². The molecular weight excluding hydrogens is 411 g/mol. The number of esters is 1. The summed E-state index contributed by atoms with van der Waals surface area (Å²) in [5.74, 6) is -5.59. The van der Waals surface area contributed by atoms with Gasteiger partial charge in [-0.05, 0) is 36.2 Å². The van der Waals surface area contributed by atoms with Crippen LogP contribution < -0.4 is 4.72 Å². The normalized spacial score (nSPS) is 12.6. The van der Waals surface area contributed by atoms with Gasteiger partial charge in [-0.1, -0.05) is 26.0 Å². The molecule has 0 amide bonds. The van der Waals surface area contributed by atoms with Crippen molar-refractivity contribution in [3.63, 3.8) is 0 Å². The molecule has 156 valence electrons. The summed E-state index contributed by atoms with van der Waals surface area (Å²) in [6.07, 6.45) is 0. The fraction of sp³-hybridized carbons (Fsp3) is 0.263. The van der Waals surface area contributed by atoms with Gasteiger partial charge in [0.1, 0.15) is 28.4 Å². The zero-order valence-corrected chi connectivity index (χ0v) is 16.3. The largest absolute Gasteiger partial charge is 0.456 e. The minimum absolute atomic E-state index is 0.606. The molecule has 2 aromatic rings. The topological polar surface area (TPSA) is 89.5 Å². The first-order chi connectivity index (χ1) is 13.5. The van der Waals surface area contributed by atoms with E-state index in [1.54, 1.807) is 0 Å². The molecule has 0 saturated heterocycles. The summed E-state index contributed by atoms with van der Waals surface area (Å²) in [4.78, 5) is 23.6. The number of sulfonamides is 1. The first-order valence-electron chi connectivity index (χ1n) is 8.44. The van der Waals surface area contributed by atoms with Crippen molar-refractivity contribution in [2.45, 2.75) is 24.8 Å². The molecule has 0 bridgehead atoms.